The van der Waals surface area contributed by atoms with E-state index in [2.05, 4.69) is 23.5 Å². The average molecular weight is 414 g/mol. The molecule has 0 spiro atoms. The van der Waals surface area contributed by atoms with Crippen LogP contribution in [0.25, 0.3) is 11.1 Å². The second-order valence-corrected chi connectivity index (χ2v) is 8.15. The molecule has 4 N–H and O–H groups in total. The molecular formula is C24H31NO5. The molecule has 0 saturated carbocycles. The maximum Gasteiger partial charge on any atom is 0.216 e. The van der Waals surface area contributed by atoms with Gasteiger partial charge in [0, 0.05) is 19.9 Å². The number of ether oxygens (including phenoxy) is 1. The Morgan fingerprint density at radius 3 is 2.53 bits per heavy atom. The van der Waals surface area contributed by atoms with E-state index in [-0.39, 0.29) is 5.91 Å². The molecule has 0 aromatic heterocycles. The molecule has 0 aliphatic carbocycles. The van der Waals surface area contributed by atoms with E-state index in [0.29, 0.717) is 19.4 Å². The summed E-state index contributed by atoms with van der Waals surface area (Å²) >= 11 is 0. The monoisotopic (exact) mass is 413 g/mol. The van der Waals surface area contributed by atoms with Gasteiger partial charge >= 0.3 is 0 Å². The molecule has 1 amide bonds. The lowest BCUT2D eigenvalue weighted by molar-refractivity contribution is -0.216. The fourth-order valence-corrected chi connectivity index (χ4v) is 3.96. The first kappa shape index (κ1) is 22.4. The Kier molecular flexibility index (Phi) is 7.26. The lowest BCUT2D eigenvalue weighted by Gasteiger charge is -2.39. The van der Waals surface area contributed by atoms with Gasteiger partial charge in [0.05, 0.1) is 12.2 Å². The topological polar surface area (TPSA) is 99.0 Å². The van der Waals surface area contributed by atoms with Crippen LogP contribution in [-0.2, 0) is 22.4 Å². The Balaban J connectivity index is 1.87. The molecule has 1 aliphatic heterocycles. The molecule has 0 bridgehead atoms. The lowest BCUT2D eigenvalue weighted by Crippen LogP contribution is -2.57. The van der Waals surface area contributed by atoms with E-state index in [9.17, 15) is 20.1 Å². The quantitative estimate of drug-likeness (QED) is 0.578. The van der Waals surface area contributed by atoms with Crippen molar-refractivity contribution < 1.29 is 24.9 Å². The van der Waals surface area contributed by atoms with Crippen molar-refractivity contribution in [3.05, 3.63) is 59.2 Å². The van der Waals surface area contributed by atoms with Gasteiger partial charge in [0.2, 0.25) is 5.91 Å². The van der Waals surface area contributed by atoms with E-state index in [0.717, 1.165) is 27.8 Å². The molecule has 6 nitrogen and oxygen atoms in total. The Morgan fingerprint density at radius 1 is 1.07 bits per heavy atom. The van der Waals surface area contributed by atoms with Crippen LogP contribution in [-0.4, -0.2) is 58.3 Å². The minimum atomic E-state index is -1.23. The molecule has 1 saturated heterocycles. The molecule has 1 fully saturated rings. The van der Waals surface area contributed by atoms with Crippen molar-refractivity contribution in [1.82, 2.24) is 5.32 Å². The van der Waals surface area contributed by atoms with Gasteiger partial charge in [0.25, 0.3) is 0 Å². The SMILES string of the molecule is CC(=O)NCCc1ccc(C[C@@H]2O[C@@H](C)[C@H](O)[C@@H](O)[C@H]2O)cc1-c1cccc(C)c1. The second kappa shape index (κ2) is 9.71. The highest BCUT2D eigenvalue weighted by atomic mass is 16.5. The van der Waals surface area contributed by atoms with Crippen LogP contribution in [0.1, 0.15) is 30.5 Å². The zero-order valence-electron chi connectivity index (χ0n) is 17.7. The fraction of sp³-hybridized carbons (Fsp3) is 0.458. The second-order valence-electron chi connectivity index (χ2n) is 8.15. The minimum Gasteiger partial charge on any atom is -0.388 e. The normalized spacial score (nSPS) is 26.4. The number of aliphatic hydroxyl groups excluding tert-OH is 3. The predicted molar refractivity (Wildman–Crippen MR) is 115 cm³/mol. The van der Waals surface area contributed by atoms with Crippen molar-refractivity contribution in [2.24, 2.45) is 0 Å². The highest BCUT2D eigenvalue weighted by molar-refractivity contribution is 5.73. The number of carbonyl (C=O) groups excluding carboxylic acids is 1. The molecule has 162 valence electrons. The van der Waals surface area contributed by atoms with Gasteiger partial charge in [0.1, 0.15) is 18.3 Å². The van der Waals surface area contributed by atoms with E-state index in [1.807, 2.05) is 31.2 Å². The van der Waals surface area contributed by atoms with Crippen LogP contribution in [0.3, 0.4) is 0 Å². The van der Waals surface area contributed by atoms with Crippen molar-refractivity contribution in [3.8, 4) is 11.1 Å². The van der Waals surface area contributed by atoms with E-state index in [1.54, 1.807) is 6.92 Å². The summed E-state index contributed by atoms with van der Waals surface area (Å²) < 4.78 is 5.76. The summed E-state index contributed by atoms with van der Waals surface area (Å²) in [6.07, 6.45) is -3.52. The number of amides is 1. The van der Waals surface area contributed by atoms with E-state index >= 15 is 0 Å². The van der Waals surface area contributed by atoms with Gasteiger partial charge < -0.3 is 25.4 Å². The maximum absolute atomic E-state index is 11.2. The van der Waals surface area contributed by atoms with Crippen molar-refractivity contribution in [2.45, 2.75) is 64.1 Å². The molecule has 6 heteroatoms. The third-order valence-electron chi connectivity index (χ3n) is 5.66. The molecule has 1 heterocycles. The standard InChI is InChI=1S/C24H31NO5/c1-14-5-4-6-19(11-14)20-12-17(7-8-18(20)9-10-25-16(3)26)13-21-23(28)24(29)22(27)15(2)30-21/h4-8,11-12,15,21-24,27-29H,9-10,13H2,1-3H3,(H,25,26)/t15-,21-,22-,23-,24+/m0/s1. The highest BCUT2D eigenvalue weighted by Crippen LogP contribution is 2.29. The van der Waals surface area contributed by atoms with Crippen molar-refractivity contribution in [2.75, 3.05) is 6.54 Å². The Bertz CT molecular complexity index is 884. The van der Waals surface area contributed by atoms with Crippen LogP contribution in [0, 0.1) is 6.92 Å². The van der Waals surface area contributed by atoms with Crippen LogP contribution in [0.2, 0.25) is 0 Å². The summed E-state index contributed by atoms with van der Waals surface area (Å²) in [7, 11) is 0. The highest BCUT2D eigenvalue weighted by Gasteiger charge is 2.41. The number of hydrogen-bond acceptors (Lipinski definition) is 5. The van der Waals surface area contributed by atoms with Crippen molar-refractivity contribution >= 4 is 5.91 Å². The number of nitrogens with one attached hydrogen (secondary N) is 1. The molecular weight excluding hydrogens is 382 g/mol. The summed E-state index contributed by atoms with van der Waals surface area (Å²) in [6, 6.07) is 14.3. The fourth-order valence-electron chi connectivity index (χ4n) is 3.96. The average Bonchev–Trinajstić information content (AvgIpc) is 2.71. The van der Waals surface area contributed by atoms with Gasteiger partial charge in [-0.2, -0.15) is 0 Å². The number of rotatable bonds is 6. The zero-order chi connectivity index (χ0) is 21.8. The van der Waals surface area contributed by atoms with E-state index in [4.69, 9.17) is 4.74 Å². The van der Waals surface area contributed by atoms with Gasteiger partial charge in [-0.05, 0) is 42.5 Å². The summed E-state index contributed by atoms with van der Waals surface area (Å²) in [5.74, 6) is -0.0537. The van der Waals surface area contributed by atoms with Crippen LogP contribution >= 0.6 is 0 Å². The van der Waals surface area contributed by atoms with Gasteiger partial charge in [0.15, 0.2) is 0 Å². The maximum atomic E-state index is 11.2. The van der Waals surface area contributed by atoms with Crippen LogP contribution in [0.15, 0.2) is 42.5 Å². The Morgan fingerprint density at radius 2 is 1.83 bits per heavy atom. The number of aryl methyl sites for hydroxylation is 1. The van der Waals surface area contributed by atoms with Crippen LogP contribution in [0.5, 0.6) is 0 Å². The first-order valence-electron chi connectivity index (χ1n) is 10.4. The van der Waals surface area contributed by atoms with Gasteiger partial charge in [-0.15, -0.1) is 0 Å². The van der Waals surface area contributed by atoms with Gasteiger partial charge in [-0.1, -0.05) is 48.0 Å². The number of aliphatic hydroxyl groups is 3. The van der Waals surface area contributed by atoms with E-state index < -0.39 is 30.5 Å². The third-order valence-corrected chi connectivity index (χ3v) is 5.66. The predicted octanol–water partition coefficient (Wildman–Crippen LogP) is 1.75. The molecule has 1 aliphatic rings. The number of carbonyl (C=O) groups is 1. The van der Waals surface area contributed by atoms with Crippen LogP contribution < -0.4 is 5.32 Å². The number of benzene rings is 2. The molecule has 0 radical (unpaired) electrons. The molecule has 30 heavy (non-hydrogen) atoms. The van der Waals surface area contributed by atoms with Crippen molar-refractivity contribution in [1.29, 1.82) is 0 Å². The van der Waals surface area contributed by atoms with E-state index in [1.165, 1.54) is 6.92 Å². The zero-order valence-corrected chi connectivity index (χ0v) is 17.7. The molecule has 3 rings (SSSR count). The first-order chi connectivity index (χ1) is 14.3. The third kappa shape index (κ3) is 5.26. The van der Waals surface area contributed by atoms with Gasteiger partial charge in [-0.3, -0.25) is 4.79 Å². The molecule has 5 atom stereocenters. The summed E-state index contributed by atoms with van der Waals surface area (Å²) in [5.41, 5.74) is 5.40. The Labute approximate surface area is 177 Å². The van der Waals surface area contributed by atoms with Crippen LogP contribution in [0.4, 0.5) is 0 Å². The minimum absolute atomic E-state index is 0.0537. The molecule has 2 aromatic carbocycles. The first-order valence-corrected chi connectivity index (χ1v) is 10.4. The summed E-state index contributed by atoms with van der Waals surface area (Å²) in [6.45, 7) is 5.80. The number of hydrogen-bond donors (Lipinski definition) is 4. The summed E-state index contributed by atoms with van der Waals surface area (Å²) in [4.78, 5) is 11.2. The molecule has 0 unspecified atom stereocenters. The largest absolute Gasteiger partial charge is 0.388 e. The Hall–Kier alpha value is -2.25. The van der Waals surface area contributed by atoms with Crippen molar-refractivity contribution in [3.63, 3.8) is 0 Å². The lowest BCUT2D eigenvalue weighted by atomic mass is 9.89. The summed E-state index contributed by atoms with van der Waals surface area (Å²) in [5, 5.41) is 33.2. The smallest absolute Gasteiger partial charge is 0.216 e. The van der Waals surface area contributed by atoms with Gasteiger partial charge in [-0.25, -0.2) is 0 Å². The molecule has 2 aromatic rings.